The molecule has 2 atom stereocenters. The van der Waals surface area contributed by atoms with Crippen LogP contribution in [0, 0.1) is 0 Å². The van der Waals surface area contributed by atoms with Gasteiger partial charge in [0.1, 0.15) is 60.6 Å². The van der Waals surface area contributed by atoms with Crippen LogP contribution in [0.4, 0.5) is 10.9 Å². The first kappa shape index (κ1) is 55.5. The van der Waals surface area contributed by atoms with Gasteiger partial charge in [0, 0.05) is 16.7 Å². The molecule has 20 heteroatoms. The maximum atomic E-state index is 14.6. The predicted molar refractivity (Wildman–Crippen MR) is 303 cm³/mol. The van der Waals surface area contributed by atoms with Crippen molar-refractivity contribution in [3.63, 3.8) is 0 Å². The van der Waals surface area contributed by atoms with E-state index in [1.807, 2.05) is 115 Å². The maximum absolute atomic E-state index is 14.6. The van der Waals surface area contributed by atoms with Gasteiger partial charge >= 0.3 is 17.6 Å². The van der Waals surface area contributed by atoms with Crippen LogP contribution in [0.5, 0.6) is 5.75 Å². The van der Waals surface area contributed by atoms with Gasteiger partial charge in [0.05, 0.1) is 19.4 Å². The van der Waals surface area contributed by atoms with Crippen molar-refractivity contribution in [2.75, 3.05) is 31.0 Å². The lowest BCUT2D eigenvalue weighted by Gasteiger charge is -2.49. The Bertz CT molecular complexity index is 3640. The Kier molecular flexibility index (Phi) is 16.9. The number of ether oxygens (including phenoxy) is 3. The van der Waals surface area contributed by atoms with E-state index in [0.717, 1.165) is 27.8 Å². The average molecular weight is 1230 g/mol. The fraction of sp³-hybridized carbons (Fsp3) is 0.148. The molecule has 3 aromatic heterocycles. The Balaban J connectivity index is 0.00000736. The number of nitrogens with two attached hydrogens (primary N) is 1. The minimum Gasteiger partial charge on any atom is -1.00 e. The molecule has 2 amide bonds. The molecular formula is C61H52IN9O8S2. The second-order valence-electron chi connectivity index (χ2n) is 18.6. The number of esters is 2. The Morgan fingerprint density at radius 3 is 1.94 bits per heavy atom. The Hall–Kier alpha value is -8.86. The second-order valence-corrected chi connectivity index (χ2v) is 20.6. The molecule has 1 saturated heterocycles. The van der Waals surface area contributed by atoms with Crippen molar-refractivity contribution < 1.29 is 66.8 Å². The number of carbonyl (C=O) groups is 4. The smallest absolute Gasteiger partial charge is 0.355 e. The van der Waals surface area contributed by atoms with Gasteiger partial charge in [-0.1, -0.05) is 179 Å². The predicted octanol–water partition coefficient (Wildman–Crippen LogP) is 5.47. The van der Waals surface area contributed by atoms with Gasteiger partial charge < -0.3 is 59.4 Å². The monoisotopic (exact) mass is 1230 g/mol. The first-order valence-corrected chi connectivity index (χ1v) is 27.3. The van der Waals surface area contributed by atoms with Crippen molar-refractivity contribution in [3.05, 3.63) is 256 Å². The summed E-state index contributed by atoms with van der Waals surface area (Å²) in [6.07, 6.45) is 2.34. The standard InChI is InChI=1S/C61H51N9O8S2.HI/c1-75-46-30-28-39(29-31-46)36-77-59(74)52-42(34-68-35-47(54(62)70-49(68)32-33-63-70)58(73)78-53(40-18-8-3-9-19-40)41-20-10-4-11-21-41)37-79-57-51(56(72)69(52)57)65-55(71)50(67-76-2)48-38-80-60(64-48)66-61(43-22-12-5-13-23-43,44-24-14-6-15-25-44)45-26-16-7-17-27-45;/h3-33,35,38,51,53,57,62H,34,36-37H2,1-2H3,(H2,64,65,66,71);1H/t51-,57+;/m1./s1. The quantitative estimate of drug-likeness (QED) is 0.0175. The number of thioether (sulfide) groups is 1. The average Bonchev–Trinajstić information content (AvgIpc) is 4.28. The Labute approximate surface area is 491 Å². The summed E-state index contributed by atoms with van der Waals surface area (Å²) in [5.74, 6) is -1.89. The SMILES string of the molecule is CON=C(C(=O)N[C@@H]1C(=O)N2C(C(=O)OCc3ccc(OC)cc3)=C(C[n+]3cc(C(=O)OC(c4ccccc4)c4ccccc4)c(N)n4nccc43)CS[C@@H]12)c1csc(NC(c2ccccc2)(c2ccccc2)c2ccccc2)n1.[I-]. The van der Waals surface area contributed by atoms with E-state index in [2.05, 4.69) is 57.3 Å². The maximum Gasteiger partial charge on any atom is 0.355 e. The fourth-order valence-electron chi connectivity index (χ4n) is 9.96. The number of hydrogen-bond donors (Lipinski definition) is 3. The fourth-order valence-corrected chi connectivity index (χ4v) is 12.1. The van der Waals surface area contributed by atoms with E-state index in [-0.39, 0.29) is 71.4 Å². The van der Waals surface area contributed by atoms with Gasteiger partial charge in [-0.2, -0.15) is 0 Å². The van der Waals surface area contributed by atoms with Crippen LogP contribution in [0.15, 0.2) is 216 Å². The molecule has 0 saturated carbocycles. The number of nitrogen functional groups attached to an aromatic ring is 1. The van der Waals surface area contributed by atoms with Crippen LogP contribution in [-0.2, 0) is 47.4 Å². The van der Waals surface area contributed by atoms with E-state index in [1.165, 1.54) is 39.6 Å². The van der Waals surface area contributed by atoms with Crippen LogP contribution in [0.1, 0.15) is 55.5 Å². The topological polar surface area (TPSA) is 205 Å². The molecule has 2 aliphatic heterocycles. The molecule has 408 valence electrons. The molecule has 1 fully saturated rings. The second kappa shape index (κ2) is 24.7. The summed E-state index contributed by atoms with van der Waals surface area (Å²) in [6, 6.07) is 56.6. The van der Waals surface area contributed by atoms with Crippen LogP contribution in [0.2, 0.25) is 0 Å². The summed E-state index contributed by atoms with van der Waals surface area (Å²) in [4.78, 5) is 69.5. The number of anilines is 2. The number of benzene rings is 6. The molecule has 11 rings (SSSR count). The zero-order valence-corrected chi connectivity index (χ0v) is 47.4. The first-order chi connectivity index (χ1) is 39.1. The molecule has 0 aliphatic carbocycles. The molecule has 9 aromatic rings. The molecule has 2 aliphatic rings. The van der Waals surface area contributed by atoms with Crippen LogP contribution >= 0.6 is 23.1 Å². The number of oxime groups is 1. The van der Waals surface area contributed by atoms with E-state index in [1.54, 1.807) is 59.8 Å². The lowest BCUT2D eigenvalue weighted by molar-refractivity contribution is -0.666. The van der Waals surface area contributed by atoms with E-state index in [0.29, 0.717) is 27.7 Å². The number of hydrogen-bond acceptors (Lipinski definition) is 15. The van der Waals surface area contributed by atoms with Crippen LogP contribution < -0.4 is 49.6 Å². The molecule has 0 radical (unpaired) electrons. The number of rotatable bonds is 19. The number of methoxy groups -OCH3 is 1. The number of amides is 2. The van der Waals surface area contributed by atoms with Gasteiger partial charge in [0.15, 0.2) is 22.5 Å². The van der Waals surface area contributed by atoms with E-state index in [9.17, 15) is 19.2 Å². The molecule has 4 N–H and O–H groups in total. The summed E-state index contributed by atoms with van der Waals surface area (Å²) in [5.41, 5.74) is 11.9. The minimum absolute atomic E-state index is 0. The highest BCUT2D eigenvalue weighted by atomic mass is 127. The highest BCUT2D eigenvalue weighted by molar-refractivity contribution is 8.00. The summed E-state index contributed by atoms with van der Waals surface area (Å²) in [5, 5.41) is 16.6. The first-order valence-electron chi connectivity index (χ1n) is 25.4. The third-order valence-electron chi connectivity index (χ3n) is 13.8. The van der Waals surface area contributed by atoms with Gasteiger partial charge in [-0.3, -0.25) is 14.5 Å². The molecule has 6 aromatic carbocycles. The molecule has 0 unspecified atom stereocenters. The van der Waals surface area contributed by atoms with Gasteiger partial charge in [0.2, 0.25) is 5.82 Å². The van der Waals surface area contributed by atoms with E-state index in [4.69, 9.17) is 29.8 Å². The van der Waals surface area contributed by atoms with Crippen molar-refractivity contribution in [2.45, 2.75) is 36.2 Å². The van der Waals surface area contributed by atoms with Crippen molar-refractivity contribution in [3.8, 4) is 5.75 Å². The number of carbonyl (C=O) groups excluding carboxylic acids is 4. The van der Waals surface area contributed by atoms with E-state index >= 15 is 0 Å². The number of fused-ring (bicyclic) bond motifs is 2. The number of aromatic nitrogens is 4. The molecule has 17 nitrogen and oxygen atoms in total. The van der Waals surface area contributed by atoms with Crippen LogP contribution in [-0.4, -0.2) is 80.4 Å². The van der Waals surface area contributed by atoms with E-state index < -0.39 is 46.8 Å². The number of halogens is 1. The summed E-state index contributed by atoms with van der Waals surface area (Å²) in [7, 11) is 2.88. The summed E-state index contributed by atoms with van der Waals surface area (Å²) < 4.78 is 20.7. The molecule has 81 heavy (non-hydrogen) atoms. The Morgan fingerprint density at radius 1 is 0.790 bits per heavy atom. The third kappa shape index (κ3) is 11.2. The number of nitrogens with zero attached hydrogens (tertiary/aromatic N) is 6. The number of nitrogens with one attached hydrogen (secondary N) is 2. The van der Waals surface area contributed by atoms with Gasteiger partial charge in [-0.25, -0.2) is 19.1 Å². The van der Waals surface area contributed by atoms with Crippen molar-refractivity contribution in [1.29, 1.82) is 0 Å². The highest BCUT2D eigenvalue weighted by Gasteiger charge is 2.55. The molecule has 0 spiro atoms. The molecule has 0 bridgehead atoms. The normalized spacial score (nSPS) is 15.0. The highest BCUT2D eigenvalue weighted by Crippen LogP contribution is 2.43. The number of β-lactam (4-membered cyclic amide) rings is 1. The largest absolute Gasteiger partial charge is 1.00 e. The van der Waals surface area contributed by atoms with Crippen LogP contribution in [0.25, 0.3) is 5.65 Å². The zero-order valence-electron chi connectivity index (χ0n) is 43.6. The summed E-state index contributed by atoms with van der Waals surface area (Å²) >= 11 is 2.63. The van der Waals surface area contributed by atoms with Crippen LogP contribution in [0.3, 0.4) is 0 Å². The van der Waals surface area contributed by atoms with Crippen molar-refractivity contribution in [1.82, 2.24) is 24.8 Å². The van der Waals surface area contributed by atoms with Gasteiger partial charge in [0.25, 0.3) is 11.8 Å². The van der Waals surface area contributed by atoms with Gasteiger partial charge in [-0.15, -0.1) is 23.1 Å². The Morgan fingerprint density at radius 2 is 1.37 bits per heavy atom. The van der Waals surface area contributed by atoms with Gasteiger partial charge in [-0.05, 0) is 45.5 Å². The third-order valence-corrected chi connectivity index (χ3v) is 15.9. The molecular weight excluding hydrogens is 1180 g/mol. The lowest BCUT2D eigenvalue weighted by atomic mass is 9.77. The molecule has 5 heterocycles. The zero-order chi connectivity index (χ0) is 55.2. The van der Waals surface area contributed by atoms with Crippen molar-refractivity contribution >= 4 is 69.2 Å². The number of thiazole rings is 1. The van der Waals surface area contributed by atoms with Crippen molar-refractivity contribution in [2.24, 2.45) is 5.16 Å². The lowest BCUT2D eigenvalue weighted by Crippen LogP contribution is -3.00. The summed E-state index contributed by atoms with van der Waals surface area (Å²) in [6.45, 7) is -0.124. The minimum atomic E-state index is -1.09.